The zero-order valence-corrected chi connectivity index (χ0v) is 17.4. The monoisotopic (exact) mass is 405 g/mol. The first kappa shape index (κ1) is 20.2. The van der Waals surface area contributed by atoms with E-state index in [1.54, 1.807) is 19.1 Å². The highest BCUT2D eigenvalue weighted by Crippen LogP contribution is 2.39. The minimum Gasteiger partial charge on any atom is -0.462 e. The zero-order chi connectivity index (χ0) is 21.1. The molecule has 4 rings (SSSR count). The predicted octanol–water partition coefficient (Wildman–Crippen LogP) is 3.37. The number of carbonyl (C=O) groups is 2. The third kappa shape index (κ3) is 3.83. The van der Waals surface area contributed by atoms with Crippen molar-refractivity contribution in [1.29, 1.82) is 0 Å². The third-order valence-electron chi connectivity index (χ3n) is 5.77. The smallest absolute Gasteiger partial charge is 0.338 e. The number of nitrogens with one attached hydrogen (secondary N) is 2. The van der Waals surface area contributed by atoms with Gasteiger partial charge in [0.15, 0.2) is 0 Å². The van der Waals surface area contributed by atoms with Crippen molar-refractivity contribution in [2.24, 2.45) is 0 Å². The minimum atomic E-state index is -0.387. The Balaban J connectivity index is 1.82. The summed E-state index contributed by atoms with van der Waals surface area (Å²) in [5.74, 6) is -0.535. The van der Waals surface area contributed by atoms with Crippen LogP contribution in [-0.2, 0) is 9.53 Å². The van der Waals surface area contributed by atoms with Gasteiger partial charge in [0.1, 0.15) is 0 Å². The van der Waals surface area contributed by atoms with Crippen molar-refractivity contribution < 1.29 is 14.3 Å². The number of esters is 1. The summed E-state index contributed by atoms with van der Waals surface area (Å²) in [7, 11) is 2.07. The number of carbonyl (C=O) groups excluding carboxylic acids is 2. The van der Waals surface area contributed by atoms with Crippen molar-refractivity contribution >= 4 is 28.8 Å². The van der Waals surface area contributed by atoms with Gasteiger partial charge in [-0.15, -0.1) is 0 Å². The highest BCUT2D eigenvalue weighted by molar-refractivity contribution is 6.36. The van der Waals surface area contributed by atoms with Crippen LogP contribution in [0.25, 0.3) is 11.3 Å². The van der Waals surface area contributed by atoms with E-state index in [2.05, 4.69) is 22.6 Å². The summed E-state index contributed by atoms with van der Waals surface area (Å²) in [6.07, 6.45) is 2.05. The molecule has 2 N–H and O–H groups in total. The number of hydrogen-bond acceptors (Lipinski definition) is 5. The zero-order valence-electron chi connectivity index (χ0n) is 17.4. The minimum absolute atomic E-state index is 0.148. The van der Waals surface area contributed by atoms with Gasteiger partial charge in [0, 0.05) is 18.7 Å². The van der Waals surface area contributed by atoms with E-state index in [-0.39, 0.29) is 11.9 Å². The molecule has 1 amide bonds. The summed E-state index contributed by atoms with van der Waals surface area (Å²) in [6, 6.07) is 15.7. The van der Waals surface area contributed by atoms with E-state index in [4.69, 9.17) is 4.74 Å². The molecule has 2 aromatic carbocycles. The SMILES string of the molecule is CCOC(=O)c1ccc2c(c1)NC(=O)/C2=C(/c1ccccc1)N(C)C1CCNCC1. The molecule has 6 heteroatoms. The molecule has 2 aromatic rings. The lowest BCUT2D eigenvalue weighted by Crippen LogP contribution is -2.40. The molecule has 0 bridgehead atoms. The van der Waals surface area contributed by atoms with Gasteiger partial charge in [0.25, 0.3) is 5.91 Å². The summed E-state index contributed by atoms with van der Waals surface area (Å²) >= 11 is 0. The summed E-state index contributed by atoms with van der Waals surface area (Å²) in [4.78, 5) is 27.5. The first-order valence-corrected chi connectivity index (χ1v) is 10.5. The van der Waals surface area contributed by atoms with Gasteiger partial charge in [-0.3, -0.25) is 4.79 Å². The van der Waals surface area contributed by atoms with Crippen molar-refractivity contribution in [3.8, 4) is 0 Å². The molecule has 0 unspecified atom stereocenters. The van der Waals surface area contributed by atoms with Gasteiger partial charge in [0.05, 0.1) is 29.1 Å². The summed E-state index contributed by atoms with van der Waals surface area (Å²) in [6.45, 7) is 4.03. The number of fused-ring (bicyclic) bond motifs is 1. The molecular weight excluding hydrogens is 378 g/mol. The molecule has 2 aliphatic heterocycles. The van der Waals surface area contributed by atoms with Crippen LogP contribution in [0.3, 0.4) is 0 Å². The van der Waals surface area contributed by atoms with Crippen LogP contribution in [0.15, 0.2) is 48.5 Å². The largest absolute Gasteiger partial charge is 0.462 e. The fraction of sp³-hybridized carbons (Fsp3) is 0.333. The Labute approximate surface area is 176 Å². The summed E-state index contributed by atoms with van der Waals surface area (Å²) in [5.41, 5.74) is 4.46. The molecule has 0 atom stereocenters. The lowest BCUT2D eigenvalue weighted by molar-refractivity contribution is -0.110. The quantitative estimate of drug-likeness (QED) is 0.590. The van der Waals surface area contributed by atoms with Gasteiger partial charge < -0.3 is 20.3 Å². The van der Waals surface area contributed by atoms with Crippen LogP contribution in [0.2, 0.25) is 0 Å². The molecule has 2 aliphatic rings. The first-order chi connectivity index (χ1) is 14.6. The first-order valence-electron chi connectivity index (χ1n) is 10.5. The van der Waals surface area contributed by atoms with E-state index in [0.717, 1.165) is 42.8 Å². The molecule has 0 saturated carbocycles. The lowest BCUT2D eigenvalue weighted by Gasteiger charge is -2.36. The number of hydrogen-bond donors (Lipinski definition) is 2. The average Bonchev–Trinajstić information content (AvgIpc) is 3.10. The molecule has 0 aromatic heterocycles. The molecule has 156 valence electrons. The highest BCUT2D eigenvalue weighted by Gasteiger charge is 2.32. The van der Waals surface area contributed by atoms with E-state index in [9.17, 15) is 9.59 Å². The fourth-order valence-corrected chi connectivity index (χ4v) is 4.25. The van der Waals surface area contributed by atoms with Crippen LogP contribution in [0.5, 0.6) is 0 Å². The van der Waals surface area contributed by atoms with Crippen LogP contribution in [-0.4, -0.2) is 49.6 Å². The molecule has 2 heterocycles. The number of ether oxygens (including phenoxy) is 1. The standard InChI is InChI=1S/C24H27N3O3/c1-3-30-24(29)17-9-10-19-20(15-17)26-23(28)21(19)22(16-7-5-4-6-8-16)27(2)18-11-13-25-14-12-18/h4-10,15,18,25H,3,11-14H2,1-2H3,(H,26,28)/b22-21-. The lowest BCUT2D eigenvalue weighted by atomic mass is 9.96. The van der Waals surface area contributed by atoms with Gasteiger partial charge in [-0.1, -0.05) is 36.4 Å². The molecule has 1 fully saturated rings. The van der Waals surface area contributed by atoms with Crippen LogP contribution in [0.4, 0.5) is 5.69 Å². The maximum absolute atomic E-state index is 13.1. The highest BCUT2D eigenvalue weighted by atomic mass is 16.5. The Morgan fingerprint density at radius 2 is 1.83 bits per heavy atom. The maximum Gasteiger partial charge on any atom is 0.338 e. The number of rotatable bonds is 5. The molecule has 1 saturated heterocycles. The molecule has 30 heavy (non-hydrogen) atoms. The average molecular weight is 405 g/mol. The Hall–Kier alpha value is -3.12. The van der Waals surface area contributed by atoms with Crippen molar-refractivity contribution in [2.45, 2.75) is 25.8 Å². The number of benzene rings is 2. The second-order valence-electron chi connectivity index (χ2n) is 7.62. The van der Waals surface area contributed by atoms with Gasteiger partial charge in [-0.05, 0) is 50.6 Å². The van der Waals surface area contributed by atoms with Crippen LogP contribution in [0.1, 0.15) is 41.3 Å². The number of anilines is 1. The topological polar surface area (TPSA) is 70.7 Å². The van der Waals surface area contributed by atoms with Crippen molar-refractivity contribution in [2.75, 3.05) is 32.1 Å². The predicted molar refractivity (Wildman–Crippen MR) is 118 cm³/mol. The van der Waals surface area contributed by atoms with E-state index in [0.29, 0.717) is 29.5 Å². The molecule has 6 nitrogen and oxygen atoms in total. The number of piperidine rings is 1. The van der Waals surface area contributed by atoms with Crippen LogP contribution < -0.4 is 10.6 Å². The van der Waals surface area contributed by atoms with Crippen molar-refractivity contribution in [3.63, 3.8) is 0 Å². The Morgan fingerprint density at radius 3 is 2.53 bits per heavy atom. The van der Waals surface area contributed by atoms with Gasteiger partial charge >= 0.3 is 5.97 Å². The Kier molecular flexibility index (Phi) is 5.86. The van der Waals surface area contributed by atoms with Gasteiger partial charge in [-0.2, -0.15) is 0 Å². The van der Waals surface area contributed by atoms with Crippen molar-refractivity contribution in [1.82, 2.24) is 10.2 Å². The second kappa shape index (κ2) is 8.71. The van der Waals surface area contributed by atoms with Crippen molar-refractivity contribution in [3.05, 3.63) is 65.2 Å². The Bertz CT molecular complexity index is 978. The van der Waals surface area contributed by atoms with Gasteiger partial charge in [-0.25, -0.2) is 4.79 Å². The van der Waals surface area contributed by atoms with Crippen LogP contribution >= 0.6 is 0 Å². The number of nitrogens with zero attached hydrogens (tertiary/aromatic N) is 1. The Morgan fingerprint density at radius 1 is 1.10 bits per heavy atom. The van der Waals surface area contributed by atoms with E-state index in [1.165, 1.54) is 0 Å². The van der Waals surface area contributed by atoms with Crippen LogP contribution in [0, 0.1) is 0 Å². The molecular formula is C24H27N3O3. The molecule has 0 spiro atoms. The molecule has 0 radical (unpaired) electrons. The van der Waals surface area contributed by atoms with E-state index in [1.807, 2.05) is 36.4 Å². The normalized spacial score (nSPS) is 17.9. The maximum atomic E-state index is 13.1. The third-order valence-corrected chi connectivity index (χ3v) is 5.77. The van der Waals surface area contributed by atoms with E-state index >= 15 is 0 Å². The number of amides is 1. The summed E-state index contributed by atoms with van der Waals surface area (Å²) in [5, 5.41) is 6.35. The van der Waals surface area contributed by atoms with Gasteiger partial charge in [0.2, 0.25) is 0 Å². The molecule has 0 aliphatic carbocycles. The van der Waals surface area contributed by atoms with E-state index < -0.39 is 0 Å². The second-order valence-corrected chi connectivity index (χ2v) is 7.62. The summed E-state index contributed by atoms with van der Waals surface area (Å²) < 4.78 is 5.10. The fourth-order valence-electron chi connectivity index (χ4n) is 4.25.